The topological polar surface area (TPSA) is 64.3 Å². The minimum atomic E-state index is -0.0235. The first-order valence-electron chi connectivity index (χ1n) is 5.43. The van der Waals surface area contributed by atoms with Crippen LogP contribution in [0.4, 0.5) is 5.69 Å². The van der Waals surface area contributed by atoms with Crippen molar-refractivity contribution in [3.63, 3.8) is 0 Å². The predicted octanol–water partition coefficient (Wildman–Crippen LogP) is 1.89. The van der Waals surface area contributed by atoms with Gasteiger partial charge in [-0.2, -0.15) is 0 Å². The third-order valence-electron chi connectivity index (χ3n) is 2.03. The van der Waals surface area contributed by atoms with Crippen LogP contribution in [0.5, 0.6) is 5.75 Å². The summed E-state index contributed by atoms with van der Waals surface area (Å²) in [6.07, 6.45) is 0.0801. The summed E-state index contributed by atoms with van der Waals surface area (Å²) in [6, 6.07) is 5.59. The van der Waals surface area contributed by atoms with E-state index in [0.29, 0.717) is 17.2 Å². The number of amides is 1. The third-order valence-corrected chi connectivity index (χ3v) is 3.10. The second-order valence-electron chi connectivity index (χ2n) is 3.80. The van der Waals surface area contributed by atoms with Gasteiger partial charge in [0, 0.05) is 11.9 Å². The van der Waals surface area contributed by atoms with E-state index in [1.807, 2.05) is 32.0 Å². The van der Waals surface area contributed by atoms with Crippen LogP contribution in [0.15, 0.2) is 23.1 Å². The molecule has 0 aliphatic carbocycles. The van der Waals surface area contributed by atoms with Crippen molar-refractivity contribution in [2.75, 3.05) is 18.5 Å². The average molecular weight is 254 g/mol. The molecule has 0 unspecified atom stereocenters. The van der Waals surface area contributed by atoms with Gasteiger partial charge in [0.05, 0.1) is 17.5 Å². The van der Waals surface area contributed by atoms with Gasteiger partial charge in [-0.15, -0.1) is 11.8 Å². The molecule has 17 heavy (non-hydrogen) atoms. The number of hydrogen-bond donors (Lipinski definition) is 2. The lowest BCUT2D eigenvalue weighted by Crippen LogP contribution is -2.19. The lowest BCUT2D eigenvalue weighted by Gasteiger charge is -2.14. The molecular formula is C12H18N2O2S. The van der Waals surface area contributed by atoms with Gasteiger partial charge in [-0.25, -0.2) is 0 Å². The highest BCUT2D eigenvalue weighted by molar-refractivity contribution is 8.00. The fourth-order valence-electron chi connectivity index (χ4n) is 1.22. The summed E-state index contributed by atoms with van der Waals surface area (Å²) in [7, 11) is 1.62. The van der Waals surface area contributed by atoms with Gasteiger partial charge in [-0.1, -0.05) is 6.07 Å². The molecule has 94 valence electrons. The zero-order valence-corrected chi connectivity index (χ0v) is 11.1. The number of carbonyl (C=O) groups is 1. The molecule has 1 amide bonds. The van der Waals surface area contributed by atoms with Crippen LogP contribution >= 0.6 is 11.8 Å². The van der Waals surface area contributed by atoms with Crippen molar-refractivity contribution in [2.24, 2.45) is 0 Å². The molecule has 3 N–H and O–H groups in total. The maximum atomic E-state index is 11.2. The number of nitrogen functional groups attached to an aromatic ring is 1. The molecule has 0 saturated heterocycles. The first-order valence-corrected chi connectivity index (χ1v) is 6.41. The van der Waals surface area contributed by atoms with Crippen molar-refractivity contribution in [1.29, 1.82) is 0 Å². The Kier molecular flexibility index (Phi) is 5.15. The highest BCUT2D eigenvalue weighted by Crippen LogP contribution is 2.33. The van der Waals surface area contributed by atoms with Crippen molar-refractivity contribution >= 4 is 23.4 Å². The molecule has 1 aromatic carbocycles. The number of nitrogens with one attached hydrogen (secondary N) is 1. The van der Waals surface area contributed by atoms with Crippen LogP contribution in [-0.4, -0.2) is 24.8 Å². The van der Waals surface area contributed by atoms with E-state index in [2.05, 4.69) is 5.32 Å². The first kappa shape index (κ1) is 13.7. The molecule has 0 heterocycles. The molecule has 0 atom stereocenters. The zero-order chi connectivity index (χ0) is 12.8. The second kappa shape index (κ2) is 6.39. The van der Waals surface area contributed by atoms with E-state index in [-0.39, 0.29) is 12.0 Å². The SMILES string of the molecule is CNC(=O)CSc1cccc(OC(C)C)c1N. The fraction of sp³-hybridized carbons (Fsp3) is 0.417. The van der Waals surface area contributed by atoms with E-state index in [1.165, 1.54) is 11.8 Å². The number of carbonyl (C=O) groups excluding carboxylic acids is 1. The predicted molar refractivity (Wildman–Crippen MR) is 71.4 cm³/mol. The number of rotatable bonds is 5. The lowest BCUT2D eigenvalue weighted by atomic mass is 10.3. The highest BCUT2D eigenvalue weighted by Gasteiger charge is 2.09. The van der Waals surface area contributed by atoms with Crippen LogP contribution in [0, 0.1) is 0 Å². The normalized spacial score (nSPS) is 10.4. The van der Waals surface area contributed by atoms with Gasteiger partial charge in [0.2, 0.25) is 5.91 Å². The molecule has 1 rings (SSSR count). The summed E-state index contributed by atoms with van der Waals surface area (Å²) in [5.41, 5.74) is 6.57. The number of benzene rings is 1. The van der Waals surface area contributed by atoms with E-state index in [4.69, 9.17) is 10.5 Å². The molecule has 0 spiro atoms. The van der Waals surface area contributed by atoms with E-state index >= 15 is 0 Å². The standard InChI is InChI=1S/C12H18N2O2S/c1-8(2)16-9-5-4-6-10(12(9)13)17-7-11(15)14-3/h4-6,8H,7,13H2,1-3H3,(H,14,15). The Labute approximate surface area is 106 Å². The van der Waals surface area contributed by atoms with Gasteiger partial charge in [0.25, 0.3) is 0 Å². The summed E-state index contributed by atoms with van der Waals surface area (Å²) in [5.74, 6) is 0.998. The number of nitrogens with two attached hydrogens (primary N) is 1. The monoisotopic (exact) mass is 254 g/mol. The highest BCUT2D eigenvalue weighted by atomic mass is 32.2. The van der Waals surface area contributed by atoms with Crippen molar-refractivity contribution < 1.29 is 9.53 Å². The van der Waals surface area contributed by atoms with Crippen molar-refractivity contribution in [2.45, 2.75) is 24.8 Å². The Morgan fingerprint density at radius 1 is 1.53 bits per heavy atom. The third kappa shape index (κ3) is 4.19. The van der Waals surface area contributed by atoms with Gasteiger partial charge in [-0.3, -0.25) is 4.79 Å². The van der Waals surface area contributed by atoms with Crippen LogP contribution in [-0.2, 0) is 4.79 Å². The Balaban J connectivity index is 2.76. The second-order valence-corrected chi connectivity index (χ2v) is 4.81. The number of anilines is 1. The van der Waals surface area contributed by atoms with Gasteiger partial charge >= 0.3 is 0 Å². The Hall–Kier alpha value is -1.36. The van der Waals surface area contributed by atoms with Crippen LogP contribution in [0.25, 0.3) is 0 Å². The molecule has 0 bridgehead atoms. The lowest BCUT2D eigenvalue weighted by molar-refractivity contribution is -0.118. The Morgan fingerprint density at radius 3 is 2.82 bits per heavy atom. The first-order chi connectivity index (χ1) is 8.04. The van der Waals surface area contributed by atoms with E-state index < -0.39 is 0 Å². The van der Waals surface area contributed by atoms with Gasteiger partial charge in [0.1, 0.15) is 5.75 Å². The van der Waals surface area contributed by atoms with E-state index in [0.717, 1.165) is 4.90 Å². The van der Waals surface area contributed by atoms with Gasteiger partial charge in [-0.05, 0) is 26.0 Å². The van der Waals surface area contributed by atoms with Crippen LogP contribution in [0.3, 0.4) is 0 Å². The van der Waals surface area contributed by atoms with Crippen LogP contribution in [0.2, 0.25) is 0 Å². The molecule has 1 aromatic rings. The van der Waals surface area contributed by atoms with E-state index in [1.54, 1.807) is 7.05 Å². The summed E-state index contributed by atoms with van der Waals surface area (Å²) in [4.78, 5) is 12.0. The molecule has 0 aliphatic heterocycles. The van der Waals surface area contributed by atoms with Gasteiger partial charge in [0.15, 0.2) is 0 Å². The zero-order valence-electron chi connectivity index (χ0n) is 10.3. The molecule has 5 heteroatoms. The van der Waals surface area contributed by atoms with Crippen molar-refractivity contribution in [3.05, 3.63) is 18.2 Å². The van der Waals surface area contributed by atoms with Crippen molar-refractivity contribution in [3.8, 4) is 5.75 Å². The van der Waals surface area contributed by atoms with E-state index in [9.17, 15) is 4.79 Å². The number of thioether (sulfide) groups is 1. The Morgan fingerprint density at radius 2 is 2.24 bits per heavy atom. The molecule has 0 aliphatic rings. The van der Waals surface area contributed by atoms with Gasteiger partial charge < -0.3 is 15.8 Å². The quantitative estimate of drug-likeness (QED) is 0.622. The molecule has 0 saturated carbocycles. The molecule has 0 radical (unpaired) electrons. The number of hydrogen-bond acceptors (Lipinski definition) is 4. The molecular weight excluding hydrogens is 236 g/mol. The van der Waals surface area contributed by atoms with Crippen molar-refractivity contribution in [1.82, 2.24) is 5.32 Å². The Bertz CT molecular complexity index is 394. The number of para-hydroxylation sites is 1. The largest absolute Gasteiger partial charge is 0.489 e. The molecule has 4 nitrogen and oxygen atoms in total. The molecule has 0 fully saturated rings. The average Bonchev–Trinajstić information content (AvgIpc) is 2.29. The van der Waals surface area contributed by atoms with Crippen LogP contribution < -0.4 is 15.8 Å². The maximum Gasteiger partial charge on any atom is 0.230 e. The van der Waals surface area contributed by atoms with Crippen LogP contribution in [0.1, 0.15) is 13.8 Å². The maximum absolute atomic E-state index is 11.2. The minimum Gasteiger partial charge on any atom is -0.489 e. The smallest absolute Gasteiger partial charge is 0.230 e. The fourth-order valence-corrected chi connectivity index (χ4v) is 2.08. The molecule has 0 aromatic heterocycles. The summed E-state index contributed by atoms with van der Waals surface area (Å²) in [5, 5.41) is 2.57. The number of ether oxygens (including phenoxy) is 1. The summed E-state index contributed by atoms with van der Waals surface area (Å²) < 4.78 is 5.58. The minimum absolute atomic E-state index is 0.0235. The summed E-state index contributed by atoms with van der Waals surface area (Å²) in [6.45, 7) is 3.90. The summed E-state index contributed by atoms with van der Waals surface area (Å²) >= 11 is 1.40.